The zero-order valence-corrected chi connectivity index (χ0v) is 10.9. The van der Waals surface area contributed by atoms with Crippen LogP contribution in [0.3, 0.4) is 0 Å². The van der Waals surface area contributed by atoms with Crippen molar-refractivity contribution in [2.45, 2.75) is 0 Å². The highest BCUT2D eigenvalue weighted by molar-refractivity contribution is 5.94. The molecule has 0 aliphatic rings. The van der Waals surface area contributed by atoms with E-state index in [4.69, 9.17) is 10.5 Å². The Morgan fingerprint density at radius 3 is 2.55 bits per heavy atom. The molecule has 0 saturated heterocycles. The fraction of sp³-hybridized carbons (Fsp3) is 0.0667. The first-order chi connectivity index (χ1) is 9.69. The van der Waals surface area contributed by atoms with E-state index in [1.54, 1.807) is 25.3 Å². The number of nitrogens with one attached hydrogen (secondary N) is 1. The van der Waals surface area contributed by atoms with Gasteiger partial charge in [-0.25, -0.2) is 5.10 Å². The monoisotopic (exact) mass is 267 g/mol. The zero-order chi connectivity index (χ0) is 14.1. The van der Waals surface area contributed by atoms with Gasteiger partial charge in [-0.3, -0.25) is 4.79 Å². The summed E-state index contributed by atoms with van der Waals surface area (Å²) >= 11 is 0. The van der Waals surface area contributed by atoms with Gasteiger partial charge in [-0.2, -0.15) is 5.10 Å². The maximum atomic E-state index is 11.9. The standard InChI is InChI=1S/C15H13N3O2/c1-20-11-6-7-12-13(8-11)15(19)18-17-14(12)9-2-4-10(16)5-3-9/h2-8H,16H2,1H3,(H,18,19). The second-order valence-corrected chi connectivity index (χ2v) is 4.43. The summed E-state index contributed by atoms with van der Waals surface area (Å²) in [6.45, 7) is 0. The van der Waals surface area contributed by atoms with E-state index in [-0.39, 0.29) is 5.56 Å². The average Bonchev–Trinajstić information content (AvgIpc) is 2.49. The number of aromatic amines is 1. The minimum atomic E-state index is -0.238. The van der Waals surface area contributed by atoms with Crippen molar-refractivity contribution in [3.05, 3.63) is 52.8 Å². The number of benzene rings is 2. The molecule has 0 fully saturated rings. The summed E-state index contributed by atoms with van der Waals surface area (Å²) in [5, 5.41) is 7.98. The fourth-order valence-corrected chi connectivity index (χ4v) is 2.13. The highest BCUT2D eigenvalue weighted by Gasteiger charge is 2.09. The molecule has 1 aromatic heterocycles. The number of nitrogens with zero attached hydrogens (tertiary/aromatic N) is 1. The Bertz CT molecular complexity index is 823. The molecule has 0 aliphatic heterocycles. The summed E-state index contributed by atoms with van der Waals surface area (Å²) in [6, 6.07) is 12.7. The average molecular weight is 267 g/mol. The Hall–Kier alpha value is -2.82. The van der Waals surface area contributed by atoms with E-state index < -0.39 is 0 Å². The summed E-state index contributed by atoms with van der Waals surface area (Å²) in [5.41, 5.74) is 7.74. The Labute approximate surface area is 115 Å². The number of aromatic nitrogens is 2. The highest BCUT2D eigenvalue weighted by Crippen LogP contribution is 2.27. The molecular formula is C15H13N3O2. The van der Waals surface area contributed by atoms with Crippen molar-refractivity contribution in [1.29, 1.82) is 0 Å². The Balaban J connectivity index is 2.29. The molecule has 3 aromatic rings. The van der Waals surface area contributed by atoms with Crippen LogP contribution >= 0.6 is 0 Å². The third kappa shape index (κ3) is 1.99. The summed E-state index contributed by atoms with van der Waals surface area (Å²) in [7, 11) is 1.57. The number of fused-ring (bicyclic) bond motifs is 1. The van der Waals surface area contributed by atoms with Crippen molar-refractivity contribution in [2.75, 3.05) is 12.8 Å². The van der Waals surface area contributed by atoms with Crippen molar-refractivity contribution < 1.29 is 4.74 Å². The van der Waals surface area contributed by atoms with Crippen molar-refractivity contribution in [3.8, 4) is 17.0 Å². The van der Waals surface area contributed by atoms with Crippen LogP contribution < -0.4 is 16.0 Å². The molecule has 0 aliphatic carbocycles. The largest absolute Gasteiger partial charge is 0.497 e. The molecule has 0 bridgehead atoms. The van der Waals surface area contributed by atoms with Crippen LogP contribution in [0.15, 0.2) is 47.3 Å². The second kappa shape index (κ2) is 4.70. The summed E-state index contributed by atoms with van der Waals surface area (Å²) in [4.78, 5) is 11.9. The van der Waals surface area contributed by atoms with Crippen LogP contribution in [0.5, 0.6) is 5.75 Å². The van der Waals surface area contributed by atoms with Gasteiger partial charge in [0, 0.05) is 16.6 Å². The van der Waals surface area contributed by atoms with Crippen LogP contribution in [0.4, 0.5) is 5.69 Å². The minimum absolute atomic E-state index is 0.238. The van der Waals surface area contributed by atoms with Gasteiger partial charge < -0.3 is 10.5 Å². The van der Waals surface area contributed by atoms with Crippen LogP contribution in [0, 0.1) is 0 Å². The lowest BCUT2D eigenvalue weighted by atomic mass is 10.0. The molecule has 3 N–H and O–H groups in total. The Morgan fingerprint density at radius 2 is 1.85 bits per heavy atom. The molecule has 0 spiro atoms. The summed E-state index contributed by atoms with van der Waals surface area (Å²) in [6.07, 6.45) is 0. The molecule has 0 atom stereocenters. The first-order valence-electron chi connectivity index (χ1n) is 6.11. The Kier molecular flexibility index (Phi) is 2.87. The molecular weight excluding hydrogens is 254 g/mol. The number of methoxy groups -OCH3 is 1. The van der Waals surface area contributed by atoms with E-state index >= 15 is 0 Å². The van der Waals surface area contributed by atoms with E-state index in [1.165, 1.54) is 0 Å². The van der Waals surface area contributed by atoms with Crippen molar-refractivity contribution in [3.63, 3.8) is 0 Å². The van der Waals surface area contributed by atoms with E-state index in [2.05, 4.69) is 10.2 Å². The fourth-order valence-electron chi connectivity index (χ4n) is 2.13. The quantitative estimate of drug-likeness (QED) is 0.697. The summed E-state index contributed by atoms with van der Waals surface area (Å²) in [5.74, 6) is 0.637. The van der Waals surface area contributed by atoms with Crippen molar-refractivity contribution >= 4 is 16.5 Å². The minimum Gasteiger partial charge on any atom is -0.497 e. The van der Waals surface area contributed by atoms with E-state index in [0.717, 1.165) is 10.9 Å². The van der Waals surface area contributed by atoms with Crippen LogP contribution in [-0.4, -0.2) is 17.3 Å². The number of nitrogens with two attached hydrogens (primary N) is 1. The van der Waals surface area contributed by atoms with Crippen molar-refractivity contribution in [1.82, 2.24) is 10.2 Å². The number of H-pyrrole nitrogens is 1. The molecule has 0 saturated carbocycles. The van der Waals surface area contributed by atoms with E-state index in [1.807, 2.05) is 24.3 Å². The molecule has 2 aromatic carbocycles. The topological polar surface area (TPSA) is 81.0 Å². The second-order valence-electron chi connectivity index (χ2n) is 4.43. The lowest BCUT2D eigenvalue weighted by molar-refractivity contribution is 0.415. The number of ether oxygens (including phenoxy) is 1. The molecule has 5 heteroatoms. The van der Waals surface area contributed by atoms with Gasteiger partial charge in [-0.05, 0) is 30.3 Å². The predicted octanol–water partition coefficient (Wildman–Crippen LogP) is 2.18. The van der Waals surface area contributed by atoms with Gasteiger partial charge in [-0.15, -0.1) is 0 Å². The molecule has 0 unspecified atom stereocenters. The maximum absolute atomic E-state index is 11.9. The van der Waals surface area contributed by atoms with Gasteiger partial charge >= 0.3 is 0 Å². The number of anilines is 1. The van der Waals surface area contributed by atoms with Gasteiger partial charge in [0.1, 0.15) is 5.75 Å². The van der Waals surface area contributed by atoms with Crippen LogP contribution in [-0.2, 0) is 0 Å². The third-order valence-corrected chi connectivity index (χ3v) is 3.18. The first kappa shape index (κ1) is 12.2. The molecule has 20 heavy (non-hydrogen) atoms. The molecule has 0 radical (unpaired) electrons. The first-order valence-corrected chi connectivity index (χ1v) is 6.11. The normalized spacial score (nSPS) is 10.7. The van der Waals surface area contributed by atoms with Gasteiger partial charge in [0.15, 0.2) is 0 Å². The van der Waals surface area contributed by atoms with Gasteiger partial charge in [-0.1, -0.05) is 12.1 Å². The summed E-state index contributed by atoms with van der Waals surface area (Å²) < 4.78 is 5.15. The maximum Gasteiger partial charge on any atom is 0.272 e. The number of nitrogen functional groups attached to an aromatic ring is 1. The molecule has 5 nitrogen and oxygen atoms in total. The number of rotatable bonds is 2. The number of hydrogen-bond donors (Lipinski definition) is 2. The van der Waals surface area contributed by atoms with Crippen molar-refractivity contribution in [2.24, 2.45) is 0 Å². The Morgan fingerprint density at radius 1 is 1.10 bits per heavy atom. The smallest absolute Gasteiger partial charge is 0.272 e. The SMILES string of the molecule is COc1ccc2c(-c3ccc(N)cc3)n[nH]c(=O)c2c1. The molecule has 0 amide bonds. The predicted molar refractivity (Wildman–Crippen MR) is 78.8 cm³/mol. The van der Waals surface area contributed by atoms with Gasteiger partial charge in [0.2, 0.25) is 0 Å². The lowest BCUT2D eigenvalue weighted by Crippen LogP contribution is -2.09. The molecule has 100 valence electrons. The van der Waals surface area contributed by atoms with Crippen LogP contribution in [0.2, 0.25) is 0 Å². The lowest BCUT2D eigenvalue weighted by Gasteiger charge is -2.07. The van der Waals surface area contributed by atoms with E-state index in [0.29, 0.717) is 22.5 Å². The van der Waals surface area contributed by atoms with Crippen LogP contribution in [0.1, 0.15) is 0 Å². The van der Waals surface area contributed by atoms with Gasteiger partial charge in [0.05, 0.1) is 18.2 Å². The molecule has 3 rings (SSSR count). The van der Waals surface area contributed by atoms with E-state index in [9.17, 15) is 4.79 Å². The third-order valence-electron chi connectivity index (χ3n) is 3.18. The van der Waals surface area contributed by atoms with Gasteiger partial charge in [0.25, 0.3) is 5.56 Å². The number of hydrogen-bond acceptors (Lipinski definition) is 4. The zero-order valence-electron chi connectivity index (χ0n) is 10.9. The highest BCUT2D eigenvalue weighted by atomic mass is 16.5. The van der Waals surface area contributed by atoms with Crippen LogP contribution in [0.25, 0.3) is 22.0 Å². The molecule has 1 heterocycles.